The summed E-state index contributed by atoms with van der Waals surface area (Å²) in [6, 6.07) is 2.30. The maximum Gasteiger partial charge on any atom is 0.412 e. The summed E-state index contributed by atoms with van der Waals surface area (Å²) >= 11 is 0. The van der Waals surface area contributed by atoms with Gasteiger partial charge in [0.05, 0.1) is 5.69 Å². The summed E-state index contributed by atoms with van der Waals surface area (Å²) in [4.78, 5) is 11.9. The fourth-order valence-corrected chi connectivity index (χ4v) is 2.63. The van der Waals surface area contributed by atoms with Gasteiger partial charge in [-0.1, -0.05) is 6.07 Å². The van der Waals surface area contributed by atoms with Crippen LogP contribution in [0.15, 0.2) is 6.07 Å². The Labute approximate surface area is 108 Å². The first kappa shape index (κ1) is 11.6. The molecule has 18 heavy (non-hydrogen) atoms. The van der Waals surface area contributed by atoms with E-state index in [9.17, 15) is 4.79 Å². The van der Waals surface area contributed by atoms with Gasteiger partial charge in [-0.05, 0) is 68.7 Å². The second-order valence-corrected chi connectivity index (χ2v) is 6.15. The molecule has 0 spiro atoms. The third-order valence-corrected chi connectivity index (χ3v) is 3.64. The van der Waals surface area contributed by atoms with Crippen LogP contribution in [0.3, 0.4) is 0 Å². The molecular formula is C15H19NO2. The van der Waals surface area contributed by atoms with E-state index < -0.39 is 5.60 Å². The van der Waals surface area contributed by atoms with Gasteiger partial charge in [-0.3, -0.25) is 5.32 Å². The maximum absolute atomic E-state index is 11.9. The van der Waals surface area contributed by atoms with Crippen LogP contribution in [0.4, 0.5) is 10.5 Å². The molecule has 0 heterocycles. The molecule has 0 fully saturated rings. The van der Waals surface area contributed by atoms with E-state index in [1.807, 2.05) is 20.8 Å². The van der Waals surface area contributed by atoms with Gasteiger partial charge in [-0.25, -0.2) is 4.79 Å². The Morgan fingerprint density at radius 1 is 1.11 bits per heavy atom. The number of hydrogen-bond acceptors (Lipinski definition) is 2. The third kappa shape index (κ3) is 1.88. The first-order valence-corrected chi connectivity index (χ1v) is 6.60. The number of aryl methyl sites for hydroxylation is 2. The van der Waals surface area contributed by atoms with Gasteiger partial charge in [-0.2, -0.15) is 0 Å². The van der Waals surface area contributed by atoms with Crippen molar-refractivity contribution in [2.75, 3.05) is 5.32 Å². The zero-order valence-corrected chi connectivity index (χ0v) is 11.2. The molecule has 0 radical (unpaired) electrons. The first-order valence-electron chi connectivity index (χ1n) is 6.60. The minimum Gasteiger partial charge on any atom is -0.444 e. The van der Waals surface area contributed by atoms with Crippen LogP contribution in [-0.2, 0) is 30.4 Å². The van der Waals surface area contributed by atoms with E-state index in [4.69, 9.17) is 4.74 Å². The van der Waals surface area contributed by atoms with Crippen LogP contribution in [0, 0.1) is 0 Å². The normalized spacial score (nSPS) is 15.9. The lowest BCUT2D eigenvalue weighted by molar-refractivity contribution is 0.0635. The Kier molecular flexibility index (Phi) is 2.40. The molecule has 2 aliphatic carbocycles. The maximum atomic E-state index is 11.9. The molecule has 96 valence electrons. The SMILES string of the molecule is CC(C)(C)OC(=O)Nc1c2c(cc3c1CC3)CC2. The highest BCUT2D eigenvalue weighted by atomic mass is 16.6. The van der Waals surface area contributed by atoms with E-state index in [2.05, 4.69) is 11.4 Å². The summed E-state index contributed by atoms with van der Waals surface area (Å²) in [5.74, 6) is 0. The second-order valence-electron chi connectivity index (χ2n) is 6.15. The van der Waals surface area contributed by atoms with Crippen molar-refractivity contribution in [3.63, 3.8) is 0 Å². The zero-order valence-electron chi connectivity index (χ0n) is 11.2. The number of fused-ring (bicyclic) bond motifs is 2. The monoisotopic (exact) mass is 245 g/mol. The van der Waals surface area contributed by atoms with Crippen molar-refractivity contribution in [1.29, 1.82) is 0 Å². The van der Waals surface area contributed by atoms with Crippen molar-refractivity contribution in [2.45, 2.75) is 52.1 Å². The summed E-state index contributed by atoms with van der Waals surface area (Å²) in [5.41, 5.74) is 6.03. The largest absolute Gasteiger partial charge is 0.444 e. The van der Waals surface area contributed by atoms with Crippen LogP contribution in [0.1, 0.15) is 43.0 Å². The molecule has 1 N–H and O–H groups in total. The number of rotatable bonds is 1. The Morgan fingerprint density at radius 3 is 2.06 bits per heavy atom. The van der Waals surface area contributed by atoms with Gasteiger partial charge in [0.25, 0.3) is 0 Å². The lowest BCUT2D eigenvalue weighted by Crippen LogP contribution is -2.30. The van der Waals surface area contributed by atoms with Crippen molar-refractivity contribution >= 4 is 11.8 Å². The minimum absolute atomic E-state index is 0.336. The molecular weight excluding hydrogens is 226 g/mol. The fourth-order valence-electron chi connectivity index (χ4n) is 2.63. The van der Waals surface area contributed by atoms with Gasteiger partial charge < -0.3 is 4.74 Å². The van der Waals surface area contributed by atoms with Gasteiger partial charge >= 0.3 is 6.09 Å². The van der Waals surface area contributed by atoms with Crippen molar-refractivity contribution in [1.82, 2.24) is 0 Å². The van der Waals surface area contributed by atoms with Gasteiger partial charge in [0, 0.05) is 0 Å². The number of nitrogens with one attached hydrogen (secondary N) is 1. The Morgan fingerprint density at radius 2 is 1.67 bits per heavy atom. The average molecular weight is 245 g/mol. The summed E-state index contributed by atoms with van der Waals surface area (Å²) in [7, 11) is 0. The molecule has 0 saturated heterocycles. The molecule has 1 aromatic rings. The molecule has 0 aliphatic heterocycles. The number of ether oxygens (including phenoxy) is 1. The number of anilines is 1. The van der Waals surface area contributed by atoms with E-state index in [0.717, 1.165) is 31.4 Å². The second kappa shape index (κ2) is 3.74. The van der Waals surface area contributed by atoms with Crippen molar-refractivity contribution < 1.29 is 9.53 Å². The summed E-state index contributed by atoms with van der Waals surface area (Å²) < 4.78 is 5.33. The fraction of sp³-hybridized carbons (Fsp3) is 0.533. The standard InChI is InChI=1S/C15H19NO2/c1-15(2,3)18-14(17)16-13-11-6-4-9(11)8-10-5-7-12(10)13/h8H,4-7H2,1-3H3,(H,16,17). The number of carbonyl (C=O) groups excluding carboxylic acids is 1. The number of hydrogen-bond donors (Lipinski definition) is 1. The summed E-state index contributed by atoms with van der Waals surface area (Å²) in [6.07, 6.45) is 4.11. The highest BCUT2D eigenvalue weighted by molar-refractivity contribution is 5.89. The third-order valence-electron chi connectivity index (χ3n) is 3.64. The molecule has 0 bridgehead atoms. The zero-order chi connectivity index (χ0) is 12.9. The van der Waals surface area contributed by atoms with Crippen LogP contribution in [-0.4, -0.2) is 11.7 Å². The van der Waals surface area contributed by atoms with E-state index in [1.165, 1.54) is 22.3 Å². The topological polar surface area (TPSA) is 38.3 Å². The molecule has 1 aromatic carbocycles. The Hall–Kier alpha value is -1.51. The minimum atomic E-state index is -0.445. The predicted octanol–water partition coefficient (Wildman–Crippen LogP) is 3.23. The predicted molar refractivity (Wildman–Crippen MR) is 71.1 cm³/mol. The number of benzene rings is 1. The summed E-state index contributed by atoms with van der Waals surface area (Å²) in [6.45, 7) is 5.65. The summed E-state index contributed by atoms with van der Waals surface area (Å²) in [5, 5.41) is 2.96. The lowest BCUT2D eigenvalue weighted by Gasteiger charge is -2.32. The van der Waals surface area contributed by atoms with Crippen molar-refractivity contribution in [3.8, 4) is 0 Å². The van der Waals surface area contributed by atoms with Crippen LogP contribution in [0.25, 0.3) is 0 Å². The first-order chi connectivity index (χ1) is 8.44. The van der Waals surface area contributed by atoms with E-state index in [-0.39, 0.29) is 6.09 Å². The van der Waals surface area contributed by atoms with Crippen molar-refractivity contribution in [2.24, 2.45) is 0 Å². The Balaban J connectivity index is 1.84. The van der Waals surface area contributed by atoms with E-state index >= 15 is 0 Å². The lowest BCUT2D eigenvalue weighted by atomic mass is 9.76. The molecule has 0 unspecified atom stereocenters. The van der Waals surface area contributed by atoms with Crippen LogP contribution in [0.5, 0.6) is 0 Å². The highest BCUT2D eigenvalue weighted by Gasteiger charge is 2.28. The molecule has 1 amide bonds. The van der Waals surface area contributed by atoms with Gasteiger partial charge in [0.2, 0.25) is 0 Å². The Bertz CT molecular complexity index is 496. The average Bonchev–Trinajstić information content (AvgIpc) is 2.09. The molecule has 0 saturated carbocycles. The van der Waals surface area contributed by atoms with Crippen molar-refractivity contribution in [3.05, 3.63) is 28.3 Å². The van der Waals surface area contributed by atoms with Gasteiger partial charge in [0.1, 0.15) is 5.60 Å². The van der Waals surface area contributed by atoms with E-state index in [1.54, 1.807) is 0 Å². The smallest absolute Gasteiger partial charge is 0.412 e. The van der Waals surface area contributed by atoms with Crippen LogP contribution < -0.4 is 5.32 Å². The molecule has 3 rings (SSSR count). The molecule has 0 aromatic heterocycles. The van der Waals surface area contributed by atoms with Crippen LogP contribution >= 0.6 is 0 Å². The molecule has 3 heteroatoms. The molecule has 2 aliphatic rings. The number of amides is 1. The van der Waals surface area contributed by atoms with Crippen LogP contribution in [0.2, 0.25) is 0 Å². The quantitative estimate of drug-likeness (QED) is 0.825. The molecule has 0 atom stereocenters. The molecule has 3 nitrogen and oxygen atoms in total. The van der Waals surface area contributed by atoms with Gasteiger partial charge in [0.15, 0.2) is 0 Å². The number of carbonyl (C=O) groups is 1. The van der Waals surface area contributed by atoms with E-state index in [0.29, 0.717) is 0 Å². The van der Waals surface area contributed by atoms with Gasteiger partial charge in [-0.15, -0.1) is 0 Å². The highest BCUT2D eigenvalue weighted by Crippen LogP contribution is 2.40.